The smallest absolute Gasteiger partial charge is 0.236 e. The Hall–Kier alpha value is -1.78. The second kappa shape index (κ2) is 5.69. The van der Waals surface area contributed by atoms with Gasteiger partial charge in [-0.1, -0.05) is 29.8 Å². The molecule has 2 aromatic heterocycles. The number of thiophene rings is 1. The van der Waals surface area contributed by atoms with E-state index < -0.39 is 0 Å². The Morgan fingerprint density at radius 2 is 2.10 bits per heavy atom. The number of ether oxygens (including phenoxy) is 1. The number of aromatic nitrogens is 1. The summed E-state index contributed by atoms with van der Waals surface area (Å²) in [6, 6.07) is 11.3. The zero-order chi connectivity index (χ0) is 13.9. The Balaban J connectivity index is 1.77. The van der Waals surface area contributed by atoms with Crippen LogP contribution in [0, 0.1) is 6.92 Å². The Morgan fingerprint density at radius 3 is 2.85 bits per heavy atom. The fourth-order valence-electron chi connectivity index (χ4n) is 1.78. The third-order valence-electron chi connectivity index (χ3n) is 2.83. The molecule has 2 heterocycles. The molecule has 5 heteroatoms. The Labute approximate surface area is 125 Å². The molecule has 0 radical (unpaired) electrons. The van der Waals surface area contributed by atoms with Crippen LogP contribution in [0.1, 0.15) is 11.5 Å². The minimum Gasteiger partial charge on any atom is -0.486 e. The molecule has 3 nitrogen and oxygen atoms in total. The number of benzene rings is 1. The minimum atomic E-state index is 0.338. The maximum Gasteiger partial charge on any atom is 0.236 e. The lowest BCUT2D eigenvalue weighted by Gasteiger charge is -2.05. The molecule has 0 spiro atoms. The van der Waals surface area contributed by atoms with Crippen LogP contribution in [0.4, 0.5) is 0 Å². The summed E-state index contributed by atoms with van der Waals surface area (Å²) in [5, 5.41) is 2.58. The van der Waals surface area contributed by atoms with E-state index in [9.17, 15) is 0 Å². The Bertz CT molecular complexity index is 706. The molecule has 0 amide bonds. The van der Waals surface area contributed by atoms with Gasteiger partial charge in [0.25, 0.3) is 0 Å². The lowest BCUT2D eigenvalue weighted by atomic mass is 10.3. The van der Waals surface area contributed by atoms with E-state index in [-0.39, 0.29) is 0 Å². The van der Waals surface area contributed by atoms with Crippen molar-refractivity contribution >= 4 is 22.9 Å². The van der Waals surface area contributed by atoms with Gasteiger partial charge in [-0.05, 0) is 30.5 Å². The highest BCUT2D eigenvalue weighted by Crippen LogP contribution is 2.28. The molecule has 102 valence electrons. The first kappa shape index (κ1) is 13.2. The number of hydrogen-bond donors (Lipinski definition) is 0. The van der Waals surface area contributed by atoms with Gasteiger partial charge in [0.1, 0.15) is 23.8 Å². The third kappa shape index (κ3) is 2.71. The van der Waals surface area contributed by atoms with E-state index in [0.717, 1.165) is 16.3 Å². The van der Waals surface area contributed by atoms with Crippen LogP contribution in [0.5, 0.6) is 5.75 Å². The molecule has 0 atom stereocenters. The van der Waals surface area contributed by atoms with Crippen molar-refractivity contribution in [3.63, 3.8) is 0 Å². The van der Waals surface area contributed by atoms with Crippen LogP contribution >= 0.6 is 22.9 Å². The Kier molecular flexibility index (Phi) is 3.76. The van der Waals surface area contributed by atoms with Gasteiger partial charge in [0, 0.05) is 0 Å². The van der Waals surface area contributed by atoms with Crippen molar-refractivity contribution in [3.05, 3.63) is 58.3 Å². The molecule has 0 saturated carbocycles. The summed E-state index contributed by atoms with van der Waals surface area (Å²) in [6.45, 7) is 2.22. The van der Waals surface area contributed by atoms with Gasteiger partial charge in [-0.2, -0.15) is 0 Å². The van der Waals surface area contributed by atoms with Gasteiger partial charge in [0.15, 0.2) is 0 Å². The highest BCUT2D eigenvalue weighted by atomic mass is 35.5. The first-order valence-electron chi connectivity index (χ1n) is 6.11. The average molecular weight is 306 g/mol. The fraction of sp³-hybridized carbons (Fsp3) is 0.133. The van der Waals surface area contributed by atoms with Gasteiger partial charge in [0.2, 0.25) is 5.89 Å². The quantitative estimate of drug-likeness (QED) is 0.684. The van der Waals surface area contributed by atoms with Crippen LogP contribution in [0.3, 0.4) is 0 Å². The fourth-order valence-corrected chi connectivity index (χ4v) is 2.61. The average Bonchev–Trinajstić information content (AvgIpc) is 3.07. The van der Waals surface area contributed by atoms with Crippen LogP contribution in [-0.4, -0.2) is 4.98 Å². The molecule has 0 bridgehead atoms. The number of aryl methyl sites for hydroxylation is 1. The lowest BCUT2D eigenvalue weighted by molar-refractivity contribution is 0.299. The van der Waals surface area contributed by atoms with Crippen molar-refractivity contribution in [2.75, 3.05) is 0 Å². The van der Waals surface area contributed by atoms with Gasteiger partial charge in [0.05, 0.1) is 9.90 Å². The predicted molar refractivity (Wildman–Crippen MR) is 80.3 cm³/mol. The highest BCUT2D eigenvalue weighted by Gasteiger charge is 2.13. The van der Waals surface area contributed by atoms with Crippen molar-refractivity contribution < 1.29 is 9.15 Å². The molecule has 3 aromatic rings. The molecule has 20 heavy (non-hydrogen) atoms. The first-order chi connectivity index (χ1) is 9.74. The molecule has 0 aliphatic rings. The van der Waals surface area contributed by atoms with E-state index in [4.69, 9.17) is 20.8 Å². The van der Waals surface area contributed by atoms with E-state index in [2.05, 4.69) is 4.98 Å². The van der Waals surface area contributed by atoms with E-state index in [1.54, 1.807) is 17.4 Å². The minimum absolute atomic E-state index is 0.338. The topological polar surface area (TPSA) is 35.3 Å². The number of hydrogen-bond acceptors (Lipinski definition) is 4. The molecule has 0 unspecified atom stereocenters. The molecular formula is C15H12ClNO2S. The van der Waals surface area contributed by atoms with Crippen molar-refractivity contribution in [1.82, 2.24) is 4.98 Å². The summed E-state index contributed by atoms with van der Waals surface area (Å²) in [7, 11) is 0. The molecule has 1 aromatic carbocycles. The molecule has 3 rings (SSSR count). The van der Waals surface area contributed by atoms with Crippen molar-refractivity contribution in [3.8, 4) is 16.5 Å². The number of halogens is 1. The number of oxazole rings is 1. The Morgan fingerprint density at radius 1 is 1.25 bits per heavy atom. The summed E-state index contributed by atoms with van der Waals surface area (Å²) in [5.41, 5.74) is 0.785. The van der Waals surface area contributed by atoms with E-state index in [1.807, 2.05) is 42.6 Å². The van der Waals surface area contributed by atoms with Crippen molar-refractivity contribution in [2.45, 2.75) is 13.5 Å². The van der Waals surface area contributed by atoms with Crippen LogP contribution < -0.4 is 4.74 Å². The summed E-state index contributed by atoms with van der Waals surface area (Å²) in [4.78, 5) is 5.48. The highest BCUT2D eigenvalue weighted by molar-refractivity contribution is 7.13. The monoisotopic (exact) mass is 305 g/mol. The van der Waals surface area contributed by atoms with Crippen molar-refractivity contribution in [1.29, 1.82) is 0 Å². The van der Waals surface area contributed by atoms with Gasteiger partial charge in [-0.3, -0.25) is 0 Å². The second-order valence-electron chi connectivity index (χ2n) is 4.22. The van der Waals surface area contributed by atoms with Gasteiger partial charge >= 0.3 is 0 Å². The van der Waals surface area contributed by atoms with Crippen LogP contribution in [0.15, 0.2) is 46.2 Å². The van der Waals surface area contributed by atoms with Crippen LogP contribution in [0.2, 0.25) is 5.02 Å². The predicted octanol–water partition coefficient (Wildman–Crippen LogP) is 4.94. The summed E-state index contributed by atoms with van der Waals surface area (Å²) >= 11 is 7.65. The number of nitrogens with zero attached hydrogens (tertiary/aromatic N) is 1. The van der Waals surface area contributed by atoms with Gasteiger partial charge in [-0.15, -0.1) is 11.3 Å². The van der Waals surface area contributed by atoms with Gasteiger partial charge in [-0.25, -0.2) is 4.98 Å². The zero-order valence-electron chi connectivity index (χ0n) is 10.8. The summed E-state index contributed by atoms with van der Waals surface area (Å²) in [5.74, 6) is 2.05. The normalized spacial score (nSPS) is 10.7. The van der Waals surface area contributed by atoms with Gasteiger partial charge < -0.3 is 9.15 Å². The van der Waals surface area contributed by atoms with E-state index >= 15 is 0 Å². The second-order valence-corrected chi connectivity index (χ2v) is 5.57. The molecule has 0 aliphatic heterocycles. The zero-order valence-corrected chi connectivity index (χ0v) is 12.4. The molecular weight excluding hydrogens is 294 g/mol. The number of rotatable bonds is 4. The maximum absolute atomic E-state index is 6.05. The molecule has 0 N–H and O–H groups in total. The summed E-state index contributed by atoms with van der Waals surface area (Å²) in [6.07, 6.45) is 0. The maximum atomic E-state index is 6.05. The lowest BCUT2D eigenvalue weighted by Crippen LogP contribution is -1.97. The standard InChI is InChI=1S/C15H12ClNO2S/c1-10-12(9-18-13-6-3-2-5-11(13)16)17-15(19-10)14-7-4-8-20-14/h2-8H,9H2,1H3. The van der Waals surface area contributed by atoms with Crippen LogP contribution in [0.25, 0.3) is 10.8 Å². The molecule has 0 saturated heterocycles. The summed E-state index contributed by atoms with van der Waals surface area (Å²) < 4.78 is 11.3. The SMILES string of the molecule is Cc1oc(-c2cccs2)nc1COc1ccccc1Cl. The van der Waals surface area contributed by atoms with Crippen LogP contribution in [-0.2, 0) is 6.61 Å². The van der Waals surface area contributed by atoms with E-state index in [1.165, 1.54) is 0 Å². The third-order valence-corrected chi connectivity index (χ3v) is 4.00. The van der Waals surface area contributed by atoms with Crippen molar-refractivity contribution in [2.24, 2.45) is 0 Å². The molecule has 0 fully saturated rings. The largest absolute Gasteiger partial charge is 0.486 e. The van der Waals surface area contributed by atoms with E-state index in [0.29, 0.717) is 23.3 Å². The molecule has 0 aliphatic carbocycles. The first-order valence-corrected chi connectivity index (χ1v) is 7.37. The number of para-hydroxylation sites is 1.